The van der Waals surface area contributed by atoms with Gasteiger partial charge in [0, 0.05) is 37.7 Å². The monoisotopic (exact) mass is 276 g/mol. The van der Waals surface area contributed by atoms with Crippen molar-refractivity contribution in [2.45, 2.75) is 25.4 Å². The highest BCUT2D eigenvalue weighted by atomic mass is 32.2. The smallest absolute Gasteiger partial charge is 0.153 e. The van der Waals surface area contributed by atoms with E-state index >= 15 is 0 Å². The SMILES string of the molecule is CNC1CCOCC1CN1CCS(=O)(=O)CC1C. The largest absolute Gasteiger partial charge is 0.381 e. The van der Waals surface area contributed by atoms with E-state index in [-0.39, 0.29) is 6.04 Å². The zero-order valence-corrected chi connectivity index (χ0v) is 12.1. The second-order valence-corrected chi connectivity index (χ2v) is 7.71. The van der Waals surface area contributed by atoms with Crippen molar-refractivity contribution in [3.63, 3.8) is 0 Å². The maximum absolute atomic E-state index is 11.6. The number of rotatable bonds is 3. The van der Waals surface area contributed by atoms with Crippen LogP contribution in [0.1, 0.15) is 13.3 Å². The Bertz CT molecular complexity index is 372. The minimum absolute atomic E-state index is 0.128. The van der Waals surface area contributed by atoms with Gasteiger partial charge >= 0.3 is 0 Å². The number of sulfone groups is 1. The van der Waals surface area contributed by atoms with Gasteiger partial charge < -0.3 is 10.1 Å². The molecule has 18 heavy (non-hydrogen) atoms. The molecule has 6 heteroatoms. The first-order valence-corrected chi connectivity index (χ1v) is 8.53. The summed E-state index contributed by atoms with van der Waals surface area (Å²) in [6.45, 7) is 5.21. The second kappa shape index (κ2) is 5.86. The first-order valence-electron chi connectivity index (χ1n) is 6.71. The number of hydrogen-bond donors (Lipinski definition) is 1. The van der Waals surface area contributed by atoms with E-state index in [4.69, 9.17) is 4.74 Å². The Morgan fingerprint density at radius 2 is 2.22 bits per heavy atom. The van der Waals surface area contributed by atoms with Gasteiger partial charge in [0.15, 0.2) is 9.84 Å². The van der Waals surface area contributed by atoms with Crippen LogP contribution in [-0.4, -0.2) is 70.3 Å². The molecule has 2 fully saturated rings. The topological polar surface area (TPSA) is 58.6 Å². The molecule has 0 amide bonds. The Balaban J connectivity index is 1.92. The molecule has 106 valence electrons. The van der Waals surface area contributed by atoms with Crippen LogP contribution in [0.5, 0.6) is 0 Å². The lowest BCUT2D eigenvalue weighted by atomic mass is 9.95. The summed E-state index contributed by atoms with van der Waals surface area (Å²) in [5.74, 6) is 1.06. The molecule has 0 aliphatic carbocycles. The van der Waals surface area contributed by atoms with Gasteiger partial charge in [0.1, 0.15) is 0 Å². The van der Waals surface area contributed by atoms with Gasteiger partial charge in [-0.1, -0.05) is 0 Å². The molecule has 1 N–H and O–H groups in total. The third kappa shape index (κ3) is 3.44. The molecule has 0 spiro atoms. The fourth-order valence-corrected chi connectivity index (χ4v) is 4.59. The zero-order valence-electron chi connectivity index (χ0n) is 11.3. The van der Waals surface area contributed by atoms with E-state index in [0.29, 0.717) is 30.0 Å². The summed E-state index contributed by atoms with van der Waals surface area (Å²) in [7, 11) is -0.820. The Morgan fingerprint density at radius 3 is 2.89 bits per heavy atom. The lowest BCUT2D eigenvalue weighted by molar-refractivity contribution is 0.0145. The Labute approximate surface area is 110 Å². The fraction of sp³-hybridized carbons (Fsp3) is 1.00. The summed E-state index contributed by atoms with van der Waals surface area (Å²) in [5, 5.41) is 3.35. The lowest BCUT2D eigenvalue weighted by Crippen LogP contribution is -2.53. The Hall–Kier alpha value is -0.170. The van der Waals surface area contributed by atoms with Crippen molar-refractivity contribution in [3.05, 3.63) is 0 Å². The maximum Gasteiger partial charge on any atom is 0.153 e. The van der Waals surface area contributed by atoms with Gasteiger partial charge in [-0.05, 0) is 20.4 Å². The highest BCUT2D eigenvalue weighted by molar-refractivity contribution is 7.91. The number of nitrogens with one attached hydrogen (secondary N) is 1. The van der Waals surface area contributed by atoms with E-state index < -0.39 is 9.84 Å². The van der Waals surface area contributed by atoms with Gasteiger partial charge in [0.2, 0.25) is 0 Å². The van der Waals surface area contributed by atoms with E-state index in [9.17, 15) is 8.42 Å². The summed E-state index contributed by atoms with van der Waals surface area (Å²) >= 11 is 0. The van der Waals surface area contributed by atoms with Crippen LogP contribution in [0.25, 0.3) is 0 Å². The van der Waals surface area contributed by atoms with Crippen LogP contribution in [0.3, 0.4) is 0 Å². The van der Waals surface area contributed by atoms with Gasteiger partial charge in [-0.3, -0.25) is 4.90 Å². The van der Waals surface area contributed by atoms with Gasteiger partial charge in [-0.15, -0.1) is 0 Å². The normalized spacial score (nSPS) is 37.6. The van der Waals surface area contributed by atoms with Gasteiger partial charge in [-0.2, -0.15) is 0 Å². The van der Waals surface area contributed by atoms with Crippen molar-refractivity contribution < 1.29 is 13.2 Å². The predicted molar refractivity (Wildman–Crippen MR) is 71.5 cm³/mol. The highest BCUT2D eigenvalue weighted by Gasteiger charge is 2.32. The molecule has 0 aromatic heterocycles. The quantitative estimate of drug-likeness (QED) is 0.769. The van der Waals surface area contributed by atoms with Crippen LogP contribution >= 0.6 is 0 Å². The van der Waals surface area contributed by atoms with E-state index in [0.717, 1.165) is 26.2 Å². The van der Waals surface area contributed by atoms with Gasteiger partial charge in [-0.25, -0.2) is 8.42 Å². The van der Waals surface area contributed by atoms with Crippen molar-refractivity contribution in [3.8, 4) is 0 Å². The van der Waals surface area contributed by atoms with Crippen molar-refractivity contribution in [1.29, 1.82) is 0 Å². The van der Waals surface area contributed by atoms with Gasteiger partial charge in [0.25, 0.3) is 0 Å². The minimum atomic E-state index is -2.81. The molecule has 3 unspecified atom stereocenters. The molecule has 0 aromatic rings. The molecule has 3 atom stereocenters. The summed E-state index contributed by atoms with van der Waals surface area (Å²) in [6.07, 6.45) is 1.04. The molecule has 2 rings (SSSR count). The lowest BCUT2D eigenvalue weighted by Gasteiger charge is -2.39. The summed E-state index contributed by atoms with van der Waals surface area (Å²) in [6, 6.07) is 0.618. The highest BCUT2D eigenvalue weighted by Crippen LogP contribution is 2.19. The molecule has 2 aliphatic heterocycles. The van der Waals surface area contributed by atoms with E-state index in [2.05, 4.69) is 10.2 Å². The van der Waals surface area contributed by atoms with Crippen LogP contribution in [-0.2, 0) is 14.6 Å². The molecule has 0 bridgehead atoms. The van der Waals surface area contributed by atoms with Crippen LogP contribution < -0.4 is 5.32 Å². The molecule has 2 saturated heterocycles. The summed E-state index contributed by atoms with van der Waals surface area (Å²) < 4.78 is 28.7. The molecular weight excluding hydrogens is 252 g/mol. The second-order valence-electron chi connectivity index (χ2n) is 5.48. The van der Waals surface area contributed by atoms with Crippen LogP contribution in [0.4, 0.5) is 0 Å². The van der Waals surface area contributed by atoms with E-state index in [1.807, 2.05) is 14.0 Å². The first-order chi connectivity index (χ1) is 8.52. The fourth-order valence-electron chi connectivity index (χ4n) is 2.96. The Kier molecular flexibility index (Phi) is 4.64. The molecule has 0 aromatic carbocycles. The molecule has 2 aliphatic rings. The molecule has 2 heterocycles. The van der Waals surface area contributed by atoms with Crippen molar-refractivity contribution in [2.75, 3.05) is 44.9 Å². The number of nitrogens with zero attached hydrogens (tertiary/aromatic N) is 1. The average molecular weight is 276 g/mol. The summed E-state index contributed by atoms with van der Waals surface area (Å²) in [4.78, 5) is 2.30. The standard InChI is InChI=1S/C12H24N2O3S/c1-10-9-18(15,16)6-4-14(10)7-11-8-17-5-3-12(11)13-2/h10-13H,3-9H2,1-2H3. The zero-order chi connectivity index (χ0) is 13.2. The predicted octanol–water partition coefficient (Wildman–Crippen LogP) is -0.270. The maximum atomic E-state index is 11.6. The first kappa shape index (κ1) is 14.2. The van der Waals surface area contributed by atoms with Crippen LogP contribution in [0, 0.1) is 5.92 Å². The van der Waals surface area contributed by atoms with Crippen LogP contribution in [0.2, 0.25) is 0 Å². The van der Waals surface area contributed by atoms with Gasteiger partial charge in [0.05, 0.1) is 18.1 Å². The third-order valence-corrected chi connectivity index (χ3v) is 5.92. The minimum Gasteiger partial charge on any atom is -0.381 e. The molecule has 0 saturated carbocycles. The Morgan fingerprint density at radius 1 is 1.44 bits per heavy atom. The van der Waals surface area contributed by atoms with Crippen LogP contribution in [0.15, 0.2) is 0 Å². The van der Waals surface area contributed by atoms with E-state index in [1.165, 1.54) is 0 Å². The molecule has 0 radical (unpaired) electrons. The number of ether oxygens (including phenoxy) is 1. The third-order valence-electron chi connectivity index (χ3n) is 4.12. The average Bonchev–Trinajstić information content (AvgIpc) is 2.33. The summed E-state index contributed by atoms with van der Waals surface area (Å²) in [5.41, 5.74) is 0. The number of hydrogen-bond acceptors (Lipinski definition) is 5. The molecule has 5 nitrogen and oxygen atoms in total. The van der Waals surface area contributed by atoms with Crippen molar-refractivity contribution in [1.82, 2.24) is 10.2 Å². The van der Waals surface area contributed by atoms with E-state index in [1.54, 1.807) is 0 Å². The van der Waals surface area contributed by atoms with Crippen molar-refractivity contribution >= 4 is 9.84 Å². The van der Waals surface area contributed by atoms with Crippen molar-refractivity contribution in [2.24, 2.45) is 5.92 Å². The molecular formula is C12H24N2O3S.